The summed E-state index contributed by atoms with van der Waals surface area (Å²) in [5, 5.41) is 9.56. The molecule has 2 aromatic carbocycles. The summed E-state index contributed by atoms with van der Waals surface area (Å²) >= 11 is 0. The number of pyridine rings is 1. The van der Waals surface area contributed by atoms with Gasteiger partial charge < -0.3 is 20.9 Å². The Morgan fingerprint density at radius 2 is 1.82 bits per heavy atom. The first kappa shape index (κ1) is 26.5. The van der Waals surface area contributed by atoms with Gasteiger partial charge in [-0.05, 0) is 92.4 Å². The highest BCUT2D eigenvalue weighted by Crippen LogP contribution is 2.26. The number of nitrogens with one attached hydrogen (secondary N) is 3. The minimum Gasteiger partial charge on any atom is -0.324 e. The second kappa shape index (κ2) is 12.6. The first-order chi connectivity index (χ1) is 19.0. The molecule has 39 heavy (non-hydrogen) atoms. The molecule has 1 saturated heterocycles. The fraction of sp³-hybridized carbons (Fsp3) is 0.290. The smallest absolute Gasteiger partial charge is 0.255 e. The Morgan fingerprint density at radius 3 is 2.59 bits per heavy atom. The molecule has 1 aliphatic heterocycles. The molecule has 1 fully saturated rings. The number of benzene rings is 2. The Balaban J connectivity index is 0.000000384. The van der Waals surface area contributed by atoms with Gasteiger partial charge in [-0.15, -0.1) is 0 Å². The van der Waals surface area contributed by atoms with Crippen LogP contribution in [0, 0.1) is 6.92 Å². The van der Waals surface area contributed by atoms with Crippen molar-refractivity contribution in [2.75, 3.05) is 43.9 Å². The average molecular weight is 522 g/mol. The number of hydrogen-bond donors (Lipinski definition) is 3. The lowest BCUT2D eigenvalue weighted by atomic mass is 10.1. The second-order valence-electron chi connectivity index (χ2n) is 10.0. The number of anilines is 3. The largest absolute Gasteiger partial charge is 0.324 e. The SMILES string of the molecule is CN1CCNCC1.Cc1ccc(NC(=O)c2ccc3c(c2)CCC3)cc1Nc1nccc(-c2cccnc2)n1. The lowest BCUT2D eigenvalue weighted by Crippen LogP contribution is -2.40. The highest BCUT2D eigenvalue weighted by Gasteiger charge is 2.14. The van der Waals surface area contributed by atoms with Crippen molar-refractivity contribution in [3.63, 3.8) is 0 Å². The lowest BCUT2D eigenvalue weighted by molar-refractivity contribution is 0.102. The maximum atomic E-state index is 12.8. The van der Waals surface area contributed by atoms with E-state index < -0.39 is 0 Å². The molecule has 3 heterocycles. The Kier molecular flexibility index (Phi) is 8.55. The molecular formula is C31H35N7O. The number of amides is 1. The van der Waals surface area contributed by atoms with Crippen molar-refractivity contribution in [1.29, 1.82) is 0 Å². The van der Waals surface area contributed by atoms with Crippen LogP contribution in [0.1, 0.15) is 33.5 Å². The molecule has 3 N–H and O–H groups in total. The standard InChI is InChI=1S/C26H23N5O.C5H12N2/c1-17-7-10-22(29-25(32)20-9-8-18-4-2-5-19(18)14-20)15-24(17)31-26-28-13-11-23(30-26)21-6-3-12-27-16-21;1-7-4-2-6-3-5-7/h3,6-16H,2,4-5H2,1H3,(H,29,32)(H,28,30,31);6H,2-5H2,1H3. The van der Waals surface area contributed by atoms with Crippen molar-refractivity contribution in [2.24, 2.45) is 0 Å². The first-order valence-corrected chi connectivity index (χ1v) is 13.5. The first-order valence-electron chi connectivity index (χ1n) is 13.5. The molecule has 0 spiro atoms. The number of rotatable bonds is 5. The van der Waals surface area contributed by atoms with Gasteiger partial charge >= 0.3 is 0 Å². The van der Waals surface area contributed by atoms with E-state index in [1.165, 1.54) is 24.2 Å². The highest BCUT2D eigenvalue weighted by molar-refractivity contribution is 6.04. The van der Waals surface area contributed by atoms with Gasteiger partial charge in [-0.3, -0.25) is 9.78 Å². The van der Waals surface area contributed by atoms with Gasteiger partial charge in [0.1, 0.15) is 0 Å². The molecule has 1 aliphatic carbocycles. The molecule has 0 atom stereocenters. The topological polar surface area (TPSA) is 95.1 Å². The molecule has 2 aromatic heterocycles. The number of hydrogen-bond acceptors (Lipinski definition) is 7. The molecule has 6 rings (SSSR count). The van der Waals surface area contributed by atoms with Gasteiger partial charge in [-0.2, -0.15) is 0 Å². The Labute approximate surface area is 229 Å². The number of carbonyl (C=O) groups excluding carboxylic acids is 1. The Hall–Kier alpha value is -4.14. The van der Waals surface area contributed by atoms with Crippen molar-refractivity contribution in [1.82, 2.24) is 25.2 Å². The minimum absolute atomic E-state index is 0.107. The van der Waals surface area contributed by atoms with Crippen LogP contribution in [-0.4, -0.2) is 59.0 Å². The van der Waals surface area contributed by atoms with E-state index in [0.717, 1.165) is 54.9 Å². The van der Waals surface area contributed by atoms with Crippen LogP contribution in [0.15, 0.2) is 73.2 Å². The quantitative estimate of drug-likeness (QED) is 0.345. The van der Waals surface area contributed by atoms with Crippen LogP contribution in [0.5, 0.6) is 0 Å². The van der Waals surface area contributed by atoms with Gasteiger partial charge in [0.2, 0.25) is 5.95 Å². The molecule has 0 radical (unpaired) electrons. The number of aryl methyl sites for hydroxylation is 3. The van der Waals surface area contributed by atoms with E-state index in [-0.39, 0.29) is 5.91 Å². The molecule has 200 valence electrons. The molecule has 8 nitrogen and oxygen atoms in total. The van der Waals surface area contributed by atoms with E-state index >= 15 is 0 Å². The summed E-state index contributed by atoms with van der Waals surface area (Å²) in [4.78, 5) is 28.2. The van der Waals surface area contributed by atoms with Gasteiger partial charge in [0, 0.05) is 67.3 Å². The predicted octanol–water partition coefficient (Wildman–Crippen LogP) is 4.85. The molecule has 0 unspecified atom stereocenters. The van der Waals surface area contributed by atoms with Crippen LogP contribution in [-0.2, 0) is 12.8 Å². The summed E-state index contributed by atoms with van der Waals surface area (Å²) in [6.07, 6.45) is 8.54. The third kappa shape index (κ3) is 7.04. The number of carbonyl (C=O) groups is 1. The fourth-order valence-electron chi connectivity index (χ4n) is 4.74. The van der Waals surface area contributed by atoms with Crippen LogP contribution in [0.2, 0.25) is 0 Å². The summed E-state index contributed by atoms with van der Waals surface area (Å²) in [7, 11) is 2.15. The predicted molar refractivity (Wildman–Crippen MR) is 157 cm³/mol. The van der Waals surface area contributed by atoms with E-state index in [1.54, 1.807) is 18.6 Å². The zero-order valence-electron chi connectivity index (χ0n) is 22.6. The molecule has 0 saturated carbocycles. The monoisotopic (exact) mass is 521 g/mol. The molecule has 4 aromatic rings. The van der Waals surface area contributed by atoms with E-state index in [9.17, 15) is 4.79 Å². The van der Waals surface area contributed by atoms with Gasteiger partial charge in [0.05, 0.1) is 5.69 Å². The van der Waals surface area contributed by atoms with E-state index in [0.29, 0.717) is 17.2 Å². The molecule has 8 heteroatoms. The maximum absolute atomic E-state index is 12.8. The van der Waals surface area contributed by atoms with Crippen LogP contribution in [0.25, 0.3) is 11.3 Å². The van der Waals surface area contributed by atoms with Crippen molar-refractivity contribution in [3.05, 3.63) is 95.4 Å². The number of fused-ring (bicyclic) bond motifs is 1. The fourth-order valence-corrected chi connectivity index (χ4v) is 4.74. The van der Waals surface area contributed by atoms with Gasteiger partial charge in [-0.1, -0.05) is 12.1 Å². The highest BCUT2D eigenvalue weighted by atomic mass is 16.1. The van der Waals surface area contributed by atoms with Crippen molar-refractivity contribution in [3.8, 4) is 11.3 Å². The maximum Gasteiger partial charge on any atom is 0.255 e. The molecular weight excluding hydrogens is 486 g/mol. The lowest BCUT2D eigenvalue weighted by Gasteiger charge is -2.21. The zero-order valence-corrected chi connectivity index (χ0v) is 22.6. The van der Waals surface area contributed by atoms with E-state index in [2.05, 4.69) is 48.9 Å². The summed E-state index contributed by atoms with van der Waals surface area (Å²) < 4.78 is 0. The van der Waals surface area contributed by atoms with Crippen LogP contribution in [0.3, 0.4) is 0 Å². The molecule has 1 amide bonds. The van der Waals surface area contributed by atoms with E-state index in [1.807, 2.05) is 55.5 Å². The number of piperazine rings is 1. The third-order valence-corrected chi connectivity index (χ3v) is 7.06. The third-order valence-electron chi connectivity index (χ3n) is 7.06. The van der Waals surface area contributed by atoms with Crippen LogP contribution in [0.4, 0.5) is 17.3 Å². The molecule has 2 aliphatic rings. The second-order valence-corrected chi connectivity index (χ2v) is 10.0. The summed E-state index contributed by atoms with van der Waals surface area (Å²) in [6, 6.07) is 17.5. The number of nitrogens with zero attached hydrogens (tertiary/aromatic N) is 4. The number of aromatic nitrogens is 3. The van der Waals surface area contributed by atoms with Gasteiger partial charge in [0.25, 0.3) is 5.91 Å². The van der Waals surface area contributed by atoms with Crippen molar-refractivity contribution < 1.29 is 4.79 Å². The van der Waals surface area contributed by atoms with Crippen LogP contribution < -0.4 is 16.0 Å². The van der Waals surface area contributed by atoms with Gasteiger partial charge in [0.15, 0.2) is 0 Å². The summed E-state index contributed by atoms with van der Waals surface area (Å²) in [5.41, 5.74) is 7.61. The zero-order chi connectivity index (χ0) is 27.0. The van der Waals surface area contributed by atoms with Crippen molar-refractivity contribution >= 4 is 23.2 Å². The summed E-state index contributed by atoms with van der Waals surface area (Å²) in [6.45, 7) is 6.74. The summed E-state index contributed by atoms with van der Waals surface area (Å²) in [5.74, 6) is 0.376. The average Bonchev–Trinajstić information content (AvgIpc) is 3.44. The van der Waals surface area contributed by atoms with Crippen LogP contribution >= 0.6 is 0 Å². The van der Waals surface area contributed by atoms with Crippen molar-refractivity contribution in [2.45, 2.75) is 26.2 Å². The molecule has 0 bridgehead atoms. The van der Waals surface area contributed by atoms with E-state index in [4.69, 9.17) is 0 Å². The van der Waals surface area contributed by atoms with Gasteiger partial charge in [-0.25, -0.2) is 9.97 Å². The Morgan fingerprint density at radius 1 is 0.974 bits per heavy atom. The normalized spacial score (nSPS) is 14.6. The minimum atomic E-state index is -0.107. The Bertz CT molecular complexity index is 1420. The number of likely N-dealkylation sites (N-methyl/N-ethyl adjacent to an activating group) is 1.